The van der Waals surface area contributed by atoms with Crippen LogP contribution in [0.2, 0.25) is 5.02 Å². The molecule has 0 saturated heterocycles. The number of Topliss-reactive ketones (excluding diaryl/α,β-unsaturated/α-hetero) is 1. The summed E-state index contributed by atoms with van der Waals surface area (Å²) < 4.78 is 0. The van der Waals surface area contributed by atoms with E-state index in [0.717, 1.165) is 12.8 Å². The summed E-state index contributed by atoms with van der Waals surface area (Å²) in [6.07, 6.45) is 2.71. The first-order valence-electron chi connectivity index (χ1n) is 5.55. The lowest BCUT2D eigenvalue weighted by Gasteiger charge is -2.32. The van der Waals surface area contributed by atoms with E-state index in [4.69, 9.17) is 17.1 Å². The van der Waals surface area contributed by atoms with Crippen LogP contribution in [0.5, 0.6) is 0 Å². The largest absolute Gasteiger partial charge is 0.299 e. The minimum Gasteiger partial charge on any atom is -0.299 e. The van der Waals surface area contributed by atoms with Crippen molar-refractivity contribution in [2.45, 2.75) is 31.2 Å². The maximum absolute atomic E-state index is 12.1. The first kappa shape index (κ1) is 12.0. The number of ketones is 1. The highest BCUT2D eigenvalue weighted by Gasteiger charge is 2.41. The summed E-state index contributed by atoms with van der Waals surface area (Å²) in [5.41, 5.74) is 8.25. The van der Waals surface area contributed by atoms with Gasteiger partial charge in [-0.15, -0.1) is 0 Å². The normalized spacial score (nSPS) is 24.2. The molecule has 1 aliphatic carbocycles. The van der Waals surface area contributed by atoms with Crippen LogP contribution in [0.4, 0.5) is 0 Å². The molecule has 17 heavy (non-hydrogen) atoms. The zero-order valence-corrected chi connectivity index (χ0v) is 10.0. The van der Waals surface area contributed by atoms with Gasteiger partial charge in [0.1, 0.15) is 11.3 Å². The average Bonchev–Trinajstić information content (AvgIpc) is 2.33. The van der Waals surface area contributed by atoms with Crippen molar-refractivity contribution in [2.75, 3.05) is 0 Å². The van der Waals surface area contributed by atoms with Gasteiger partial charge in [-0.3, -0.25) is 4.79 Å². The van der Waals surface area contributed by atoms with E-state index in [1.54, 1.807) is 24.3 Å². The van der Waals surface area contributed by atoms with Crippen LogP contribution in [0, 0.1) is 0 Å². The minimum atomic E-state index is -1.09. The van der Waals surface area contributed by atoms with Gasteiger partial charge in [0, 0.05) is 16.4 Å². The predicted molar refractivity (Wildman–Crippen MR) is 65.8 cm³/mol. The Morgan fingerprint density at radius 2 is 2.12 bits per heavy atom. The van der Waals surface area contributed by atoms with E-state index in [9.17, 15) is 4.79 Å². The minimum absolute atomic E-state index is 0.0327. The molecule has 4 nitrogen and oxygen atoms in total. The quantitative estimate of drug-likeness (QED) is 0.444. The Bertz CT molecular complexity index is 496. The predicted octanol–water partition coefficient (Wildman–Crippen LogP) is 3.99. The maximum Gasteiger partial charge on any atom is 0.149 e. The molecule has 1 fully saturated rings. The summed E-state index contributed by atoms with van der Waals surface area (Å²) in [5, 5.41) is 4.26. The molecular formula is C12H12ClN3O. The Hall–Kier alpha value is -1.51. The summed E-state index contributed by atoms with van der Waals surface area (Å²) >= 11 is 6.11. The molecule has 1 aliphatic rings. The van der Waals surface area contributed by atoms with Crippen LogP contribution in [-0.2, 0) is 10.3 Å². The highest BCUT2D eigenvalue weighted by molar-refractivity contribution is 6.31. The van der Waals surface area contributed by atoms with Gasteiger partial charge in [-0.05, 0) is 30.0 Å². The summed E-state index contributed by atoms with van der Waals surface area (Å²) in [7, 11) is 0. The van der Waals surface area contributed by atoms with E-state index >= 15 is 0 Å². The van der Waals surface area contributed by atoms with E-state index in [1.165, 1.54) is 0 Å². The van der Waals surface area contributed by atoms with Crippen molar-refractivity contribution < 1.29 is 4.79 Å². The molecule has 0 spiro atoms. The highest BCUT2D eigenvalue weighted by Crippen LogP contribution is 2.41. The standard InChI is InChI=1S/C12H12ClN3O/c13-10-6-2-1-5-9(10)12(15-16-14)8-4-3-7-11(12)17/h1-2,5-6H,3-4,7-8H2. The second-order valence-electron chi connectivity index (χ2n) is 4.16. The molecule has 0 aromatic heterocycles. The Morgan fingerprint density at radius 1 is 1.35 bits per heavy atom. The molecule has 0 heterocycles. The van der Waals surface area contributed by atoms with E-state index in [0.29, 0.717) is 23.4 Å². The smallest absolute Gasteiger partial charge is 0.149 e. The van der Waals surface area contributed by atoms with Crippen molar-refractivity contribution in [3.8, 4) is 0 Å². The van der Waals surface area contributed by atoms with Gasteiger partial charge >= 0.3 is 0 Å². The van der Waals surface area contributed by atoms with E-state index in [-0.39, 0.29) is 5.78 Å². The first-order valence-corrected chi connectivity index (χ1v) is 5.93. The van der Waals surface area contributed by atoms with Gasteiger partial charge in [0.05, 0.1) is 0 Å². The molecule has 1 aromatic carbocycles. The number of carbonyl (C=O) groups is 1. The fraction of sp³-hybridized carbons (Fsp3) is 0.417. The van der Waals surface area contributed by atoms with Crippen LogP contribution in [0.15, 0.2) is 29.4 Å². The number of hydrogen-bond donors (Lipinski definition) is 0. The summed E-state index contributed by atoms with van der Waals surface area (Å²) in [6.45, 7) is 0. The van der Waals surface area contributed by atoms with Crippen LogP contribution >= 0.6 is 11.6 Å². The number of rotatable bonds is 2. The lowest BCUT2D eigenvalue weighted by Crippen LogP contribution is -2.36. The van der Waals surface area contributed by atoms with Gasteiger partial charge in [0.2, 0.25) is 0 Å². The van der Waals surface area contributed by atoms with Gasteiger partial charge in [-0.25, -0.2) is 0 Å². The molecule has 1 aromatic rings. The fourth-order valence-electron chi connectivity index (χ4n) is 2.33. The number of azide groups is 1. The monoisotopic (exact) mass is 249 g/mol. The lowest BCUT2D eigenvalue weighted by atomic mass is 9.76. The first-order chi connectivity index (χ1) is 8.20. The fourth-order valence-corrected chi connectivity index (χ4v) is 2.62. The maximum atomic E-state index is 12.1. The number of benzene rings is 1. The molecular weight excluding hydrogens is 238 g/mol. The Balaban J connectivity index is 2.58. The topological polar surface area (TPSA) is 65.8 Å². The van der Waals surface area contributed by atoms with Crippen LogP contribution < -0.4 is 0 Å². The summed E-state index contributed by atoms with van der Waals surface area (Å²) in [6, 6.07) is 7.08. The van der Waals surface area contributed by atoms with Crippen LogP contribution in [0.3, 0.4) is 0 Å². The molecule has 5 heteroatoms. The van der Waals surface area contributed by atoms with Gasteiger partial charge < -0.3 is 0 Å². The Morgan fingerprint density at radius 3 is 2.76 bits per heavy atom. The van der Waals surface area contributed by atoms with E-state index < -0.39 is 5.54 Å². The molecule has 0 aliphatic heterocycles. The third kappa shape index (κ3) is 2.02. The van der Waals surface area contributed by atoms with Crippen molar-refractivity contribution in [1.82, 2.24) is 0 Å². The molecule has 2 rings (SSSR count). The number of nitrogens with zero attached hydrogens (tertiary/aromatic N) is 3. The third-order valence-corrected chi connectivity index (χ3v) is 3.52. The second kappa shape index (κ2) is 4.78. The second-order valence-corrected chi connectivity index (χ2v) is 4.57. The molecule has 1 unspecified atom stereocenters. The number of halogens is 1. The third-order valence-electron chi connectivity index (χ3n) is 3.19. The van der Waals surface area contributed by atoms with Crippen molar-refractivity contribution in [2.24, 2.45) is 5.11 Å². The van der Waals surface area contributed by atoms with Crippen molar-refractivity contribution in [1.29, 1.82) is 0 Å². The summed E-state index contributed by atoms with van der Waals surface area (Å²) in [5.74, 6) is -0.0327. The van der Waals surface area contributed by atoms with E-state index in [1.807, 2.05) is 0 Å². The Kier molecular flexibility index (Phi) is 3.36. The van der Waals surface area contributed by atoms with Crippen molar-refractivity contribution >= 4 is 17.4 Å². The van der Waals surface area contributed by atoms with Crippen LogP contribution in [0.25, 0.3) is 10.4 Å². The van der Waals surface area contributed by atoms with Gasteiger partial charge in [-0.2, -0.15) is 0 Å². The molecule has 0 amide bonds. The van der Waals surface area contributed by atoms with Crippen molar-refractivity contribution in [3.63, 3.8) is 0 Å². The molecule has 1 saturated carbocycles. The molecule has 88 valence electrons. The summed E-state index contributed by atoms with van der Waals surface area (Å²) in [4.78, 5) is 15.0. The highest BCUT2D eigenvalue weighted by atomic mass is 35.5. The zero-order chi connectivity index (χ0) is 12.3. The Labute approximate surface area is 104 Å². The zero-order valence-electron chi connectivity index (χ0n) is 9.27. The van der Waals surface area contributed by atoms with Gasteiger partial charge in [-0.1, -0.05) is 41.3 Å². The van der Waals surface area contributed by atoms with Crippen LogP contribution in [-0.4, -0.2) is 5.78 Å². The molecule has 0 bridgehead atoms. The number of hydrogen-bond acceptors (Lipinski definition) is 2. The van der Waals surface area contributed by atoms with Gasteiger partial charge in [0.25, 0.3) is 0 Å². The van der Waals surface area contributed by atoms with Crippen LogP contribution in [0.1, 0.15) is 31.2 Å². The number of carbonyl (C=O) groups excluding carboxylic acids is 1. The van der Waals surface area contributed by atoms with E-state index in [2.05, 4.69) is 10.0 Å². The molecule has 1 atom stereocenters. The SMILES string of the molecule is [N-]=[N+]=NC1(c2ccccc2Cl)CCCCC1=O. The average molecular weight is 250 g/mol. The molecule has 0 radical (unpaired) electrons. The molecule has 0 N–H and O–H groups in total. The van der Waals surface area contributed by atoms with Gasteiger partial charge in [0.15, 0.2) is 0 Å². The van der Waals surface area contributed by atoms with Crippen molar-refractivity contribution in [3.05, 3.63) is 45.3 Å². The lowest BCUT2D eigenvalue weighted by molar-refractivity contribution is -0.126.